The second kappa shape index (κ2) is 6.38. The monoisotopic (exact) mass is 245 g/mol. The Labute approximate surface area is 112 Å². The van der Waals surface area contributed by atoms with Crippen LogP contribution in [0, 0.1) is 19.8 Å². The molecule has 1 fully saturated rings. The third kappa shape index (κ3) is 3.14. The topological polar surface area (TPSA) is 26.0 Å². The van der Waals surface area contributed by atoms with E-state index in [2.05, 4.69) is 32.0 Å². The summed E-state index contributed by atoms with van der Waals surface area (Å²) in [6, 6.07) is 6.91. The summed E-state index contributed by atoms with van der Waals surface area (Å²) in [7, 11) is 0. The summed E-state index contributed by atoms with van der Waals surface area (Å²) in [6.07, 6.45) is 8.36. The molecule has 2 rings (SSSR count). The lowest BCUT2D eigenvalue weighted by Gasteiger charge is -2.26. The lowest BCUT2D eigenvalue weighted by Crippen LogP contribution is -2.21. The van der Waals surface area contributed by atoms with Gasteiger partial charge in [0.05, 0.1) is 0 Å². The number of hydrogen-bond acceptors (Lipinski definition) is 1. The van der Waals surface area contributed by atoms with E-state index in [9.17, 15) is 0 Å². The zero-order chi connectivity index (χ0) is 13.0. The van der Waals surface area contributed by atoms with Crippen molar-refractivity contribution in [2.45, 2.75) is 58.3 Å². The largest absolute Gasteiger partial charge is 0.330 e. The molecule has 1 aromatic rings. The van der Waals surface area contributed by atoms with Crippen LogP contribution in [0.3, 0.4) is 0 Å². The third-order valence-electron chi connectivity index (χ3n) is 4.68. The van der Waals surface area contributed by atoms with Gasteiger partial charge in [-0.15, -0.1) is 0 Å². The molecular formula is C17H27N. The summed E-state index contributed by atoms with van der Waals surface area (Å²) in [5.74, 6) is 1.38. The summed E-state index contributed by atoms with van der Waals surface area (Å²) in [4.78, 5) is 0. The molecule has 0 heterocycles. The van der Waals surface area contributed by atoms with Crippen LogP contribution in [0.4, 0.5) is 0 Å². The van der Waals surface area contributed by atoms with Crippen LogP contribution in [0.5, 0.6) is 0 Å². The molecule has 0 radical (unpaired) electrons. The van der Waals surface area contributed by atoms with Crippen molar-refractivity contribution in [3.8, 4) is 0 Å². The molecule has 1 saturated carbocycles. The van der Waals surface area contributed by atoms with Gasteiger partial charge in [0.1, 0.15) is 0 Å². The van der Waals surface area contributed by atoms with Crippen molar-refractivity contribution in [3.63, 3.8) is 0 Å². The minimum Gasteiger partial charge on any atom is -0.330 e. The lowest BCUT2D eigenvalue weighted by molar-refractivity contribution is 0.380. The van der Waals surface area contributed by atoms with Gasteiger partial charge in [-0.1, -0.05) is 43.9 Å². The fourth-order valence-electron chi connectivity index (χ4n) is 3.31. The van der Waals surface area contributed by atoms with E-state index < -0.39 is 0 Å². The highest BCUT2D eigenvalue weighted by atomic mass is 14.6. The molecule has 1 atom stereocenters. The summed E-state index contributed by atoms with van der Waals surface area (Å²) < 4.78 is 0. The van der Waals surface area contributed by atoms with E-state index >= 15 is 0 Å². The SMILES string of the molecule is Cc1ccc(C(CN)C2CCCCCC2)cc1C. The molecule has 0 aromatic heterocycles. The smallest absolute Gasteiger partial charge is 0.000556 e. The molecule has 1 aliphatic carbocycles. The number of rotatable bonds is 3. The minimum absolute atomic E-state index is 0.572. The molecule has 1 nitrogen and oxygen atoms in total. The predicted octanol–water partition coefficient (Wildman–Crippen LogP) is 4.32. The highest BCUT2D eigenvalue weighted by Crippen LogP contribution is 2.35. The first kappa shape index (κ1) is 13.6. The Morgan fingerprint density at radius 1 is 1.06 bits per heavy atom. The summed E-state index contributed by atoms with van der Waals surface area (Å²) in [5, 5.41) is 0. The van der Waals surface area contributed by atoms with Gasteiger partial charge in [-0.3, -0.25) is 0 Å². The van der Waals surface area contributed by atoms with Crippen molar-refractivity contribution >= 4 is 0 Å². The van der Waals surface area contributed by atoms with Crippen LogP contribution in [0.25, 0.3) is 0 Å². The van der Waals surface area contributed by atoms with Crippen LogP contribution in [-0.2, 0) is 0 Å². The maximum absolute atomic E-state index is 6.07. The first-order valence-electron chi connectivity index (χ1n) is 7.49. The Kier molecular flexibility index (Phi) is 4.82. The van der Waals surface area contributed by atoms with Gasteiger partial charge in [0.2, 0.25) is 0 Å². The Hall–Kier alpha value is -0.820. The van der Waals surface area contributed by atoms with Gasteiger partial charge in [0.15, 0.2) is 0 Å². The first-order valence-corrected chi connectivity index (χ1v) is 7.49. The molecule has 1 unspecified atom stereocenters. The molecule has 0 bridgehead atoms. The Bertz CT molecular complexity index is 375. The van der Waals surface area contributed by atoms with Crippen LogP contribution in [0.1, 0.15) is 61.1 Å². The van der Waals surface area contributed by atoms with Gasteiger partial charge < -0.3 is 5.73 Å². The fourth-order valence-corrected chi connectivity index (χ4v) is 3.31. The van der Waals surface area contributed by atoms with Crippen molar-refractivity contribution in [2.75, 3.05) is 6.54 Å². The van der Waals surface area contributed by atoms with E-state index in [1.807, 2.05) is 0 Å². The van der Waals surface area contributed by atoms with Gasteiger partial charge in [-0.2, -0.15) is 0 Å². The van der Waals surface area contributed by atoms with Crippen LogP contribution in [0.2, 0.25) is 0 Å². The summed E-state index contributed by atoms with van der Waals surface area (Å²) in [5.41, 5.74) is 10.3. The van der Waals surface area contributed by atoms with E-state index in [1.54, 1.807) is 0 Å². The zero-order valence-electron chi connectivity index (χ0n) is 11.9. The van der Waals surface area contributed by atoms with E-state index in [0.29, 0.717) is 5.92 Å². The molecule has 0 spiro atoms. The van der Waals surface area contributed by atoms with Gasteiger partial charge in [-0.05, 0) is 61.8 Å². The van der Waals surface area contributed by atoms with Gasteiger partial charge >= 0.3 is 0 Å². The highest BCUT2D eigenvalue weighted by Gasteiger charge is 2.23. The average Bonchev–Trinajstić information content (AvgIpc) is 2.64. The lowest BCUT2D eigenvalue weighted by atomic mass is 9.81. The second-order valence-corrected chi connectivity index (χ2v) is 5.94. The number of aryl methyl sites for hydroxylation is 2. The summed E-state index contributed by atoms with van der Waals surface area (Å²) >= 11 is 0. The normalized spacial score (nSPS) is 19.5. The van der Waals surface area contributed by atoms with Crippen molar-refractivity contribution in [1.82, 2.24) is 0 Å². The highest BCUT2D eigenvalue weighted by molar-refractivity contribution is 5.32. The van der Waals surface area contributed by atoms with Crippen molar-refractivity contribution in [2.24, 2.45) is 11.7 Å². The maximum atomic E-state index is 6.07. The van der Waals surface area contributed by atoms with E-state index in [1.165, 1.54) is 55.2 Å². The van der Waals surface area contributed by atoms with Crippen LogP contribution in [0.15, 0.2) is 18.2 Å². The number of hydrogen-bond donors (Lipinski definition) is 1. The first-order chi connectivity index (χ1) is 8.72. The molecule has 0 saturated heterocycles. The maximum Gasteiger partial charge on any atom is -0.000556 e. The molecule has 0 aliphatic heterocycles. The predicted molar refractivity (Wildman–Crippen MR) is 78.9 cm³/mol. The number of nitrogens with two attached hydrogens (primary N) is 1. The van der Waals surface area contributed by atoms with E-state index in [-0.39, 0.29) is 0 Å². The second-order valence-electron chi connectivity index (χ2n) is 5.94. The fraction of sp³-hybridized carbons (Fsp3) is 0.647. The van der Waals surface area contributed by atoms with Crippen LogP contribution in [-0.4, -0.2) is 6.54 Å². The molecule has 1 heteroatoms. The molecular weight excluding hydrogens is 218 g/mol. The third-order valence-corrected chi connectivity index (χ3v) is 4.68. The minimum atomic E-state index is 0.572. The van der Waals surface area contributed by atoms with E-state index in [0.717, 1.165) is 12.5 Å². The zero-order valence-corrected chi connectivity index (χ0v) is 11.9. The van der Waals surface area contributed by atoms with Crippen LogP contribution >= 0.6 is 0 Å². The standard InChI is InChI=1S/C17H27N/c1-13-9-10-16(11-14(13)2)17(12-18)15-7-5-3-4-6-8-15/h9-11,15,17H,3-8,12,18H2,1-2H3. The van der Waals surface area contributed by atoms with Crippen molar-refractivity contribution < 1.29 is 0 Å². The molecule has 2 N–H and O–H groups in total. The van der Waals surface area contributed by atoms with Crippen molar-refractivity contribution in [1.29, 1.82) is 0 Å². The quantitative estimate of drug-likeness (QED) is 0.789. The summed E-state index contributed by atoms with van der Waals surface area (Å²) in [6.45, 7) is 5.19. The molecule has 100 valence electrons. The molecule has 18 heavy (non-hydrogen) atoms. The van der Waals surface area contributed by atoms with Crippen LogP contribution < -0.4 is 5.73 Å². The average molecular weight is 245 g/mol. The van der Waals surface area contributed by atoms with Gasteiger partial charge in [-0.25, -0.2) is 0 Å². The van der Waals surface area contributed by atoms with Gasteiger partial charge in [0, 0.05) is 0 Å². The Balaban J connectivity index is 2.17. The number of benzene rings is 1. The molecule has 1 aliphatic rings. The van der Waals surface area contributed by atoms with Crippen molar-refractivity contribution in [3.05, 3.63) is 34.9 Å². The molecule has 1 aromatic carbocycles. The Morgan fingerprint density at radius 2 is 1.72 bits per heavy atom. The Morgan fingerprint density at radius 3 is 2.28 bits per heavy atom. The van der Waals surface area contributed by atoms with Gasteiger partial charge in [0.25, 0.3) is 0 Å². The van der Waals surface area contributed by atoms with E-state index in [4.69, 9.17) is 5.73 Å². The molecule has 0 amide bonds.